The van der Waals surface area contributed by atoms with E-state index in [4.69, 9.17) is 4.84 Å². The monoisotopic (exact) mass is 242 g/mol. The van der Waals surface area contributed by atoms with Gasteiger partial charge in [-0.15, -0.1) is 0 Å². The number of nitrogens with zero attached hydrogens (tertiary/aromatic N) is 1. The summed E-state index contributed by atoms with van der Waals surface area (Å²) in [5.41, 5.74) is 4.30. The summed E-state index contributed by atoms with van der Waals surface area (Å²) in [6.07, 6.45) is 1.48. The third kappa shape index (κ3) is 0.472. The van der Waals surface area contributed by atoms with Crippen molar-refractivity contribution in [1.29, 1.82) is 0 Å². The highest BCUT2D eigenvalue weighted by Crippen LogP contribution is 3.11. The number of hydrogen-bond acceptors (Lipinski definition) is 3. The number of hydrogen-bond donors (Lipinski definition) is 1. The average Bonchev–Trinajstić information content (AvgIpc) is 2.76. The second-order valence-corrected chi connectivity index (χ2v) is 7.86. The fraction of sp³-hybridized carbons (Fsp3) is 0.800. The maximum atomic E-state index is 5.24. The topological polar surface area (TPSA) is 33.6 Å². The van der Waals surface area contributed by atoms with Crippen LogP contribution in [0.15, 0.2) is 17.5 Å². The SMILES string of the molecule is C=C1N=C(C23C4C5C2C2C3C4C52CC(C)C)NO1. The molecule has 0 radical (unpaired) electrons. The lowest BCUT2D eigenvalue weighted by Gasteiger charge is -3.11. The van der Waals surface area contributed by atoms with Crippen LogP contribution in [0.3, 0.4) is 0 Å². The molecule has 0 spiro atoms. The zero-order chi connectivity index (χ0) is 12.0. The van der Waals surface area contributed by atoms with Gasteiger partial charge in [-0.1, -0.05) is 13.8 Å². The van der Waals surface area contributed by atoms with Gasteiger partial charge in [0.2, 0.25) is 5.88 Å². The summed E-state index contributed by atoms with van der Waals surface area (Å²) in [4.78, 5) is 9.74. The van der Waals surface area contributed by atoms with Crippen molar-refractivity contribution >= 4 is 5.84 Å². The van der Waals surface area contributed by atoms with E-state index < -0.39 is 0 Å². The van der Waals surface area contributed by atoms with E-state index in [1.165, 1.54) is 6.42 Å². The van der Waals surface area contributed by atoms with E-state index in [0.717, 1.165) is 52.7 Å². The normalized spacial score (nSPS) is 66.6. The average molecular weight is 242 g/mol. The Morgan fingerprint density at radius 2 is 1.83 bits per heavy atom. The number of aliphatic imine (C=N–C) groups is 1. The van der Waals surface area contributed by atoms with Gasteiger partial charge in [0.25, 0.3) is 0 Å². The van der Waals surface area contributed by atoms with Crippen LogP contribution in [0.1, 0.15) is 20.3 Å². The number of amidine groups is 1. The van der Waals surface area contributed by atoms with Gasteiger partial charge in [0.15, 0.2) is 0 Å². The molecular formula is C15H18N2O. The number of rotatable bonds is 3. The quantitative estimate of drug-likeness (QED) is 0.823. The molecule has 3 nitrogen and oxygen atoms in total. The Bertz CT molecular complexity index is 507. The molecule has 7 aliphatic rings. The van der Waals surface area contributed by atoms with E-state index in [9.17, 15) is 0 Å². The standard InChI is InChI=1S/C15H18N2O/c1-5(2)4-14-7-10-8(14)12-9(14)11(7)15(10,12)13-16-6(3)18-17-13/h5,7-12H,3-4H2,1-2H3,(H,16,17). The predicted octanol–water partition coefficient (Wildman–Crippen LogP) is 2.18. The highest BCUT2D eigenvalue weighted by atomic mass is 16.7. The first-order chi connectivity index (χ1) is 8.65. The van der Waals surface area contributed by atoms with Gasteiger partial charge in [-0.2, -0.15) is 4.99 Å². The Morgan fingerprint density at radius 3 is 2.28 bits per heavy atom. The van der Waals surface area contributed by atoms with Crippen molar-refractivity contribution in [2.45, 2.75) is 20.3 Å². The summed E-state index contributed by atoms with van der Waals surface area (Å²) in [5, 5.41) is 0. The van der Waals surface area contributed by atoms with Crippen molar-refractivity contribution in [3.05, 3.63) is 12.5 Å². The Balaban J connectivity index is 1.37. The summed E-state index contributed by atoms with van der Waals surface area (Å²) < 4.78 is 0. The van der Waals surface area contributed by atoms with Crippen LogP contribution in [0.25, 0.3) is 0 Å². The summed E-state index contributed by atoms with van der Waals surface area (Å²) in [6, 6.07) is 0. The highest BCUT2D eigenvalue weighted by Gasteiger charge is 3.10. The zero-order valence-electron chi connectivity index (χ0n) is 10.8. The van der Waals surface area contributed by atoms with Crippen LogP contribution < -0.4 is 5.48 Å². The molecule has 0 saturated heterocycles. The minimum atomic E-state index is 0.443. The second-order valence-electron chi connectivity index (χ2n) is 7.86. The summed E-state index contributed by atoms with van der Waals surface area (Å²) in [5.74, 6) is 8.58. The van der Waals surface area contributed by atoms with Gasteiger partial charge in [0, 0.05) is 5.41 Å². The molecule has 0 amide bonds. The molecular weight excluding hydrogens is 224 g/mol. The fourth-order valence-corrected chi connectivity index (χ4v) is 7.80. The van der Waals surface area contributed by atoms with E-state index in [1.54, 1.807) is 0 Å². The Morgan fingerprint density at radius 1 is 1.22 bits per heavy atom. The molecule has 18 heavy (non-hydrogen) atoms. The molecule has 0 atom stereocenters. The molecule has 94 valence electrons. The van der Waals surface area contributed by atoms with E-state index in [-0.39, 0.29) is 0 Å². The van der Waals surface area contributed by atoms with Crippen LogP contribution >= 0.6 is 0 Å². The Hall–Kier alpha value is -0.990. The van der Waals surface area contributed by atoms with Gasteiger partial charge >= 0.3 is 0 Å². The Labute approximate surface area is 107 Å². The predicted molar refractivity (Wildman–Crippen MR) is 66.1 cm³/mol. The number of nitrogens with one attached hydrogen (secondary N) is 1. The first kappa shape index (κ1) is 9.00. The second kappa shape index (κ2) is 2.04. The summed E-state index contributed by atoms with van der Waals surface area (Å²) in [7, 11) is 0. The van der Waals surface area contributed by atoms with Crippen molar-refractivity contribution in [1.82, 2.24) is 5.48 Å². The smallest absolute Gasteiger partial charge is 0.240 e. The fourth-order valence-electron chi connectivity index (χ4n) is 7.80. The minimum Gasteiger partial charge on any atom is -0.361 e. The molecule has 1 N–H and O–H groups in total. The first-order valence-electron chi connectivity index (χ1n) is 7.36. The molecule has 7 rings (SSSR count). The van der Waals surface area contributed by atoms with Gasteiger partial charge in [0.1, 0.15) is 5.84 Å². The summed E-state index contributed by atoms with van der Waals surface area (Å²) >= 11 is 0. The van der Waals surface area contributed by atoms with Crippen LogP contribution in [-0.4, -0.2) is 5.84 Å². The zero-order valence-corrected chi connectivity index (χ0v) is 10.8. The molecule has 0 aromatic rings. The van der Waals surface area contributed by atoms with Gasteiger partial charge in [-0.05, 0) is 59.8 Å². The molecule has 3 heteroatoms. The lowest BCUT2D eigenvalue weighted by Crippen LogP contribution is -3.11. The third-order valence-corrected chi connectivity index (χ3v) is 7.51. The minimum absolute atomic E-state index is 0.443. The van der Waals surface area contributed by atoms with Crippen LogP contribution in [0, 0.1) is 52.3 Å². The molecule has 0 aromatic heterocycles. The van der Waals surface area contributed by atoms with E-state index in [1.807, 2.05) is 0 Å². The van der Waals surface area contributed by atoms with E-state index in [2.05, 4.69) is 30.9 Å². The molecule has 0 bridgehead atoms. The molecule has 6 aliphatic carbocycles. The third-order valence-electron chi connectivity index (χ3n) is 7.51. The lowest BCUT2D eigenvalue weighted by molar-refractivity contribution is -0.640. The van der Waals surface area contributed by atoms with E-state index >= 15 is 0 Å². The van der Waals surface area contributed by atoms with Gasteiger partial charge in [-0.3, -0.25) is 0 Å². The molecule has 1 heterocycles. The van der Waals surface area contributed by atoms with Crippen LogP contribution in [0.4, 0.5) is 0 Å². The van der Waals surface area contributed by atoms with Crippen molar-refractivity contribution in [2.75, 3.05) is 0 Å². The number of hydroxylamine groups is 1. The van der Waals surface area contributed by atoms with E-state index in [0.29, 0.717) is 11.3 Å². The van der Waals surface area contributed by atoms with Gasteiger partial charge in [-0.25, -0.2) is 5.48 Å². The maximum Gasteiger partial charge on any atom is 0.240 e. The molecule has 6 fully saturated rings. The molecule has 1 aliphatic heterocycles. The van der Waals surface area contributed by atoms with Gasteiger partial charge < -0.3 is 4.84 Å². The van der Waals surface area contributed by atoms with Crippen LogP contribution in [0.2, 0.25) is 0 Å². The molecule has 0 aromatic carbocycles. The highest BCUT2D eigenvalue weighted by molar-refractivity contribution is 5.97. The summed E-state index contributed by atoms with van der Waals surface area (Å²) in [6.45, 7) is 8.56. The van der Waals surface area contributed by atoms with Crippen molar-refractivity contribution in [3.8, 4) is 0 Å². The maximum absolute atomic E-state index is 5.24. The largest absolute Gasteiger partial charge is 0.361 e. The van der Waals surface area contributed by atoms with Crippen molar-refractivity contribution < 1.29 is 4.84 Å². The lowest BCUT2D eigenvalue weighted by atomic mass is 8.92. The van der Waals surface area contributed by atoms with Gasteiger partial charge in [0.05, 0.1) is 0 Å². The van der Waals surface area contributed by atoms with Crippen LogP contribution in [-0.2, 0) is 4.84 Å². The van der Waals surface area contributed by atoms with Crippen LogP contribution in [0.5, 0.6) is 0 Å². The molecule has 0 unspecified atom stereocenters. The Kier molecular flexibility index (Phi) is 1.02. The first-order valence-corrected chi connectivity index (χ1v) is 7.36. The molecule has 6 saturated carbocycles. The van der Waals surface area contributed by atoms with Crippen molar-refractivity contribution in [3.63, 3.8) is 0 Å². The van der Waals surface area contributed by atoms with Crippen molar-refractivity contribution in [2.24, 2.45) is 57.2 Å².